The zero-order valence-corrected chi connectivity index (χ0v) is 6.82. The van der Waals surface area contributed by atoms with Gasteiger partial charge in [-0.25, -0.2) is 0 Å². The van der Waals surface area contributed by atoms with Crippen molar-refractivity contribution in [3.8, 4) is 5.75 Å². The molecule has 0 saturated carbocycles. The average molecular weight is 162 g/mol. The quantitative estimate of drug-likeness (QED) is 0.675. The van der Waals surface area contributed by atoms with Crippen LogP contribution >= 0.6 is 0 Å². The smallest absolute Gasteiger partial charge is 0.152 e. The molecule has 1 aromatic carbocycles. The zero-order valence-electron chi connectivity index (χ0n) is 6.82. The maximum Gasteiger partial charge on any atom is 0.152 e. The van der Waals surface area contributed by atoms with Crippen molar-refractivity contribution in [1.82, 2.24) is 0 Å². The van der Waals surface area contributed by atoms with Gasteiger partial charge in [-0.2, -0.15) is 0 Å². The molecule has 12 heavy (non-hydrogen) atoms. The molecule has 1 aromatic rings. The molecule has 1 N–H and O–H groups in total. The summed E-state index contributed by atoms with van der Waals surface area (Å²) in [6, 6.07) is 6.73. The van der Waals surface area contributed by atoms with E-state index in [1.165, 1.54) is 13.0 Å². The summed E-state index contributed by atoms with van der Waals surface area (Å²) in [6.07, 6.45) is 3.14. The van der Waals surface area contributed by atoms with Crippen LogP contribution in [-0.2, 0) is 4.79 Å². The average Bonchev–Trinajstić information content (AvgIpc) is 2.01. The van der Waals surface area contributed by atoms with Crippen molar-refractivity contribution < 1.29 is 9.90 Å². The molecule has 0 aliphatic rings. The van der Waals surface area contributed by atoms with Gasteiger partial charge in [0.15, 0.2) is 5.78 Å². The van der Waals surface area contributed by atoms with Crippen molar-refractivity contribution in [3.63, 3.8) is 0 Å². The lowest BCUT2D eigenvalue weighted by Crippen LogP contribution is -1.79. The summed E-state index contributed by atoms with van der Waals surface area (Å²) >= 11 is 0. The minimum atomic E-state index is -0.00153. The van der Waals surface area contributed by atoms with Gasteiger partial charge in [0.1, 0.15) is 5.75 Å². The van der Waals surface area contributed by atoms with Gasteiger partial charge in [0.25, 0.3) is 0 Å². The second-order valence-corrected chi connectivity index (χ2v) is 2.54. The van der Waals surface area contributed by atoms with Crippen molar-refractivity contribution in [3.05, 3.63) is 35.9 Å². The molecule has 1 rings (SSSR count). The van der Waals surface area contributed by atoms with E-state index in [1.54, 1.807) is 24.3 Å². The maximum absolute atomic E-state index is 10.6. The molecule has 0 saturated heterocycles. The van der Waals surface area contributed by atoms with Crippen molar-refractivity contribution in [1.29, 1.82) is 0 Å². The van der Waals surface area contributed by atoms with Crippen LogP contribution in [0.15, 0.2) is 30.3 Å². The third-order valence-electron chi connectivity index (χ3n) is 1.38. The first-order valence-electron chi connectivity index (χ1n) is 3.66. The van der Waals surface area contributed by atoms with Crippen LogP contribution in [0.1, 0.15) is 12.5 Å². The second-order valence-electron chi connectivity index (χ2n) is 2.54. The molecule has 0 fully saturated rings. The monoisotopic (exact) mass is 162 g/mol. The standard InChI is InChI=1S/C10H10O2/c1-8(11)5-6-9-3-2-4-10(12)7-9/h2-7,12H,1H3. The van der Waals surface area contributed by atoms with Gasteiger partial charge in [-0.15, -0.1) is 0 Å². The minimum Gasteiger partial charge on any atom is -0.508 e. The van der Waals surface area contributed by atoms with Crippen LogP contribution in [0.3, 0.4) is 0 Å². The van der Waals surface area contributed by atoms with Crippen LogP contribution in [0.5, 0.6) is 5.75 Å². The number of phenols is 1. The number of benzene rings is 1. The summed E-state index contributed by atoms with van der Waals surface area (Å²) in [5.74, 6) is 0.207. The van der Waals surface area contributed by atoms with E-state index in [2.05, 4.69) is 0 Å². The Morgan fingerprint density at radius 1 is 1.50 bits per heavy atom. The summed E-state index contributed by atoms with van der Waals surface area (Å²) in [4.78, 5) is 10.6. The third-order valence-corrected chi connectivity index (χ3v) is 1.38. The van der Waals surface area contributed by atoms with Crippen LogP contribution in [0.25, 0.3) is 6.08 Å². The van der Waals surface area contributed by atoms with Crippen molar-refractivity contribution in [2.45, 2.75) is 6.92 Å². The first kappa shape index (κ1) is 8.53. The lowest BCUT2D eigenvalue weighted by molar-refractivity contribution is -0.112. The molecule has 0 amide bonds. The molecule has 62 valence electrons. The Balaban J connectivity index is 2.83. The number of ketones is 1. The molecule has 2 nitrogen and oxygen atoms in total. The molecule has 0 spiro atoms. The molecule has 0 heterocycles. The lowest BCUT2D eigenvalue weighted by Gasteiger charge is -1.93. The molecule has 0 radical (unpaired) electrons. The highest BCUT2D eigenvalue weighted by molar-refractivity contribution is 5.91. The molecule has 0 aromatic heterocycles. The lowest BCUT2D eigenvalue weighted by atomic mass is 10.2. The van der Waals surface area contributed by atoms with Crippen LogP contribution in [0.4, 0.5) is 0 Å². The van der Waals surface area contributed by atoms with E-state index in [-0.39, 0.29) is 11.5 Å². The maximum atomic E-state index is 10.6. The normalized spacial score (nSPS) is 10.4. The van der Waals surface area contributed by atoms with Crippen LogP contribution in [0, 0.1) is 0 Å². The molecule has 0 bridgehead atoms. The minimum absolute atomic E-state index is 0.00153. The fourth-order valence-corrected chi connectivity index (χ4v) is 0.842. The summed E-state index contributed by atoms with van der Waals surface area (Å²) in [5.41, 5.74) is 0.824. The van der Waals surface area contributed by atoms with Crippen LogP contribution in [-0.4, -0.2) is 10.9 Å². The van der Waals surface area contributed by atoms with Gasteiger partial charge in [-0.3, -0.25) is 4.79 Å². The van der Waals surface area contributed by atoms with Gasteiger partial charge in [-0.05, 0) is 30.7 Å². The van der Waals surface area contributed by atoms with E-state index in [1.807, 2.05) is 6.07 Å². The Bertz CT molecular complexity index is 313. The van der Waals surface area contributed by atoms with Gasteiger partial charge in [0.2, 0.25) is 0 Å². The van der Waals surface area contributed by atoms with Gasteiger partial charge in [0.05, 0.1) is 0 Å². The molecular weight excluding hydrogens is 152 g/mol. The van der Waals surface area contributed by atoms with E-state index >= 15 is 0 Å². The van der Waals surface area contributed by atoms with Crippen molar-refractivity contribution in [2.75, 3.05) is 0 Å². The first-order chi connectivity index (χ1) is 5.68. The van der Waals surface area contributed by atoms with Gasteiger partial charge < -0.3 is 5.11 Å². The number of phenolic OH excluding ortho intramolecular Hbond substituents is 1. The molecule has 0 aliphatic carbocycles. The highest BCUT2D eigenvalue weighted by Crippen LogP contribution is 2.11. The number of aromatic hydroxyl groups is 1. The van der Waals surface area contributed by atoms with E-state index in [0.717, 1.165) is 5.56 Å². The van der Waals surface area contributed by atoms with E-state index < -0.39 is 0 Å². The summed E-state index contributed by atoms with van der Waals surface area (Å²) in [6.45, 7) is 1.49. The molecule has 0 unspecified atom stereocenters. The largest absolute Gasteiger partial charge is 0.508 e. The second kappa shape index (κ2) is 3.72. The van der Waals surface area contributed by atoms with Crippen LogP contribution in [0.2, 0.25) is 0 Å². The predicted molar refractivity (Wildman–Crippen MR) is 47.8 cm³/mol. The number of carbonyl (C=O) groups is 1. The van der Waals surface area contributed by atoms with Crippen molar-refractivity contribution in [2.24, 2.45) is 0 Å². The SMILES string of the molecule is CC(=O)C=Cc1cccc(O)c1. The van der Waals surface area contributed by atoms with E-state index in [4.69, 9.17) is 5.11 Å². The summed E-state index contributed by atoms with van der Waals surface area (Å²) in [7, 11) is 0. The topological polar surface area (TPSA) is 37.3 Å². The Kier molecular flexibility index (Phi) is 2.64. The molecule has 2 heteroatoms. The summed E-state index contributed by atoms with van der Waals surface area (Å²) < 4.78 is 0. The highest BCUT2D eigenvalue weighted by Gasteiger charge is 1.89. The van der Waals surface area contributed by atoms with Crippen molar-refractivity contribution >= 4 is 11.9 Å². The third kappa shape index (κ3) is 2.58. The molecular formula is C10H10O2. The van der Waals surface area contributed by atoms with Gasteiger partial charge >= 0.3 is 0 Å². The Hall–Kier alpha value is -1.57. The highest BCUT2D eigenvalue weighted by atomic mass is 16.3. The van der Waals surface area contributed by atoms with E-state index in [9.17, 15) is 4.79 Å². The fraction of sp³-hybridized carbons (Fsp3) is 0.100. The first-order valence-corrected chi connectivity index (χ1v) is 3.66. The Morgan fingerprint density at radius 2 is 2.25 bits per heavy atom. The Morgan fingerprint density at radius 3 is 2.83 bits per heavy atom. The Labute approximate surface area is 71.2 Å². The molecule has 0 aliphatic heterocycles. The number of hydrogen-bond donors (Lipinski definition) is 1. The zero-order chi connectivity index (χ0) is 8.97. The molecule has 0 atom stereocenters. The predicted octanol–water partition coefficient (Wildman–Crippen LogP) is 1.99. The summed E-state index contributed by atoms with van der Waals surface area (Å²) in [5, 5.41) is 9.06. The number of carbonyl (C=O) groups excluding carboxylic acids is 1. The van der Waals surface area contributed by atoms with E-state index in [0.29, 0.717) is 0 Å². The number of rotatable bonds is 2. The number of hydrogen-bond acceptors (Lipinski definition) is 2. The van der Waals surface area contributed by atoms with Gasteiger partial charge in [-0.1, -0.05) is 18.2 Å². The number of allylic oxidation sites excluding steroid dienone is 1. The fourth-order valence-electron chi connectivity index (χ4n) is 0.842. The van der Waals surface area contributed by atoms with Gasteiger partial charge in [0, 0.05) is 0 Å². The van der Waals surface area contributed by atoms with Crippen LogP contribution < -0.4 is 0 Å².